The molecule has 0 spiro atoms. The zero-order valence-electron chi connectivity index (χ0n) is 11.2. The highest BCUT2D eigenvalue weighted by Gasteiger charge is 2.34. The van der Waals surface area contributed by atoms with E-state index in [2.05, 4.69) is 15.0 Å². The summed E-state index contributed by atoms with van der Waals surface area (Å²) in [7, 11) is 0. The third-order valence-corrected chi connectivity index (χ3v) is 3.70. The summed E-state index contributed by atoms with van der Waals surface area (Å²) in [6.45, 7) is 0. The Kier molecular flexibility index (Phi) is 4.28. The molecule has 118 valence electrons. The minimum Gasteiger partial charge on any atom is -0.273 e. The molecule has 0 amide bonds. The number of rotatable bonds is 2. The normalized spacial score (nSPS) is 11.7. The maximum atomic E-state index is 13.1. The van der Waals surface area contributed by atoms with E-state index in [4.69, 9.17) is 11.6 Å². The molecule has 2 heterocycles. The lowest BCUT2D eigenvalue weighted by Gasteiger charge is -2.11. The molecule has 0 fully saturated rings. The molecule has 9 heteroatoms. The maximum absolute atomic E-state index is 13.1. The molecule has 23 heavy (non-hydrogen) atoms. The van der Waals surface area contributed by atoms with Crippen molar-refractivity contribution in [2.24, 2.45) is 0 Å². The number of hydrogen-bond donors (Lipinski definition) is 0. The molecule has 0 N–H and O–H groups in total. The molecule has 0 aliphatic rings. The topological polar surface area (TPSA) is 43.6 Å². The van der Waals surface area contributed by atoms with E-state index in [-0.39, 0.29) is 11.6 Å². The lowest BCUT2D eigenvalue weighted by Crippen LogP contribution is -2.12. The molecule has 0 bridgehead atoms. The van der Waals surface area contributed by atoms with Gasteiger partial charge in [0.05, 0.1) is 5.69 Å². The number of halogens is 5. The van der Waals surface area contributed by atoms with Gasteiger partial charge in [-0.2, -0.15) is 13.2 Å². The summed E-state index contributed by atoms with van der Waals surface area (Å²) in [6, 6.07) is 7.36. The number of aromatic nitrogens is 4. The van der Waals surface area contributed by atoms with E-state index >= 15 is 0 Å². The van der Waals surface area contributed by atoms with Crippen LogP contribution in [0.4, 0.5) is 13.2 Å². The van der Waals surface area contributed by atoms with Crippen molar-refractivity contribution in [2.75, 3.05) is 0 Å². The van der Waals surface area contributed by atoms with Gasteiger partial charge in [0.25, 0.3) is 0 Å². The van der Waals surface area contributed by atoms with E-state index in [0.717, 1.165) is 6.07 Å². The van der Waals surface area contributed by atoms with Crippen molar-refractivity contribution in [2.45, 2.75) is 6.18 Å². The van der Waals surface area contributed by atoms with E-state index in [1.165, 1.54) is 17.1 Å². The zero-order valence-corrected chi connectivity index (χ0v) is 14.1. The second kappa shape index (κ2) is 6.08. The zero-order chi connectivity index (χ0) is 16.6. The SMILES string of the molecule is FC(F)(F)c1cc(-c2cccc(Cl)c2)nc(-n2cnc(I)c2)n1. The first kappa shape index (κ1) is 16.2. The van der Waals surface area contributed by atoms with Crippen LogP contribution >= 0.6 is 34.2 Å². The van der Waals surface area contributed by atoms with E-state index in [9.17, 15) is 13.2 Å². The number of nitrogens with zero attached hydrogens (tertiary/aromatic N) is 4. The van der Waals surface area contributed by atoms with Gasteiger partial charge in [-0.15, -0.1) is 0 Å². The summed E-state index contributed by atoms with van der Waals surface area (Å²) < 4.78 is 41.3. The van der Waals surface area contributed by atoms with Gasteiger partial charge < -0.3 is 0 Å². The van der Waals surface area contributed by atoms with Crippen LogP contribution in [0.25, 0.3) is 17.2 Å². The largest absolute Gasteiger partial charge is 0.433 e. The highest BCUT2D eigenvalue weighted by atomic mass is 127. The number of hydrogen-bond acceptors (Lipinski definition) is 3. The van der Waals surface area contributed by atoms with Crippen LogP contribution in [-0.2, 0) is 6.18 Å². The fourth-order valence-electron chi connectivity index (χ4n) is 1.90. The monoisotopic (exact) mass is 450 g/mol. The smallest absolute Gasteiger partial charge is 0.273 e. The predicted octanol–water partition coefficient (Wildman–Crippen LogP) is 4.61. The van der Waals surface area contributed by atoms with Crippen molar-refractivity contribution in [3.63, 3.8) is 0 Å². The highest BCUT2D eigenvalue weighted by Crippen LogP contribution is 2.31. The summed E-state index contributed by atoms with van der Waals surface area (Å²) in [5, 5.41) is 0.411. The second-order valence-electron chi connectivity index (χ2n) is 4.55. The molecule has 3 aromatic rings. The van der Waals surface area contributed by atoms with Gasteiger partial charge in [-0.3, -0.25) is 4.57 Å². The first-order valence-electron chi connectivity index (χ1n) is 6.25. The van der Waals surface area contributed by atoms with Crippen molar-refractivity contribution in [3.05, 3.63) is 57.3 Å². The van der Waals surface area contributed by atoms with Crippen molar-refractivity contribution in [1.82, 2.24) is 19.5 Å². The van der Waals surface area contributed by atoms with Gasteiger partial charge in [0.15, 0.2) is 5.69 Å². The van der Waals surface area contributed by atoms with E-state index in [1.54, 1.807) is 24.3 Å². The Balaban J connectivity index is 2.20. The quantitative estimate of drug-likeness (QED) is 0.536. The molecule has 0 saturated carbocycles. The molecule has 0 atom stereocenters. The Hall–Kier alpha value is -1.68. The summed E-state index contributed by atoms with van der Waals surface area (Å²) >= 11 is 7.85. The van der Waals surface area contributed by atoms with Gasteiger partial charge in [0.2, 0.25) is 5.95 Å². The summed E-state index contributed by atoms with van der Waals surface area (Å²) in [5.41, 5.74) is -0.420. The number of benzene rings is 1. The molecule has 1 aromatic carbocycles. The van der Waals surface area contributed by atoms with E-state index in [1.807, 2.05) is 22.6 Å². The predicted molar refractivity (Wildman–Crippen MR) is 87.3 cm³/mol. The average molecular weight is 451 g/mol. The lowest BCUT2D eigenvalue weighted by atomic mass is 10.1. The van der Waals surface area contributed by atoms with Crippen molar-refractivity contribution >= 4 is 34.2 Å². The summed E-state index contributed by atoms with van der Waals surface area (Å²) in [6.07, 6.45) is -1.68. The Morgan fingerprint density at radius 2 is 1.91 bits per heavy atom. The van der Waals surface area contributed by atoms with E-state index < -0.39 is 11.9 Å². The minimum absolute atomic E-state index is 0.106. The molecule has 0 aliphatic heterocycles. The van der Waals surface area contributed by atoms with Gasteiger partial charge in [-0.1, -0.05) is 23.7 Å². The lowest BCUT2D eigenvalue weighted by molar-refractivity contribution is -0.141. The van der Waals surface area contributed by atoms with Crippen LogP contribution in [0.5, 0.6) is 0 Å². The Labute approximate surface area is 147 Å². The van der Waals surface area contributed by atoms with Gasteiger partial charge in [0.1, 0.15) is 10.0 Å². The maximum Gasteiger partial charge on any atom is 0.433 e. The van der Waals surface area contributed by atoms with Crippen LogP contribution in [0, 0.1) is 3.70 Å². The fourth-order valence-corrected chi connectivity index (χ4v) is 2.51. The molecule has 0 saturated heterocycles. The molecular formula is C14H7ClF3IN4. The number of imidazole rings is 1. The van der Waals surface area contributed by atoms with Crippen LogP contribution in [0.3, 0.4) is 0 Å². The van der Waals surface area contributed by atoms with Gasteiger partial charge >= 0.3 is 6.18 Å². The van der Waals surface area contributed by atoms with Crippen molar-refractivity contribution in [3.8, 4) is 17.2 Å². The third-order valence-electron chi connectivity index (χ3n) is 2.91. The molecule has 0 unspecified atom stereocenters. The molecule has 4 nitrogen and oxygen atoms in total. The fraction of sp³-hybridized carbons (Fsp3) is 0.0714. The van der Waals surface area contributed by atoms with Crippen LogP contribution in [-0.4, -0.2) is 19.5 Å². The minimum atomic E-state index is -4.58. The van der Waals surface area contributed by atoms with Gasteiger partial charge in [-0.05, 0) is 40.8 Å². The molecule has 0 radical (unpaired) electrons. The second-order valence-corrected chi connectivity index (χ2v) is 6.09. The first-order chi connectivity index (χ1) is 10.8. The Bertz CT molecular complexity index is 863. The Morgan fingerprint density at radius 3 is 2.52 bits per heavy atom. The van der Waals surface area contributed by atoms with Gasteiger partial charge in [0, 0.05) is 16.8 Å². The first-order valence-corrected chi connectivity index (χ1v) is 7.71. The van der Waals surface area contributed by atoms with Crippen LogP contribution in [0.1, 0.15) is 5.69 Å². The summed E-state index contributed by atoms with van der Waals surface area (Å²) in [4.78, 5) is 11.7. The number of alkyl halides is 3. The standard InChI is InChI=1S/C14H7ClF3IN4/c15-9-3-1-2-8(4-9)10-5-11(14(16,17)18)22-13(21-10)23-6-12(19)20-7-23/h1-7H. The van der Waals surface area contributed by atoms with Crippen molar-refractivity contribution in [1.29, 1.82) is 0 Å². The highest BCUT2D eigenvalue weighted by molar-refractivity contribution is 14.1. The van der Waals surface area contributed by atoms with Crippen LogP contribution < -0.4 is 0 Å². The molecule has 3 rings (SSSR count). The van der Waals surface area contributed by atoms with Crippen molar-refractivity contribution < 1.29 is 13.2 Å². The van der Waals surface area contributed by atoms with Gasteiger partial charge in [-0.25, -0.2) is 15.0 Å². The molecule has 2 aromatic heterocycles. The van der Waals surface area contributed by atoms with E-state index in [0.29, 0.717) is 14.3 Å². The van der Waals surface area contributed by atoms with Crippen LogP contribution in [0.15, 0.2) is 42.9 Å². The average Bonchev–Trinajstić information content (AvgIpc) is 2.92. The third kappa shape index (κ3) is 3.63. The Morgan fingerprint density at radius 1 is 1.13 bits per heavy atom. The molecular weight excluding hydrogens is 444 g/mol. The summed E-state index contributed by atoms with van der Waals surface area (Å²) in [5.74, 6) is -0.106. The van der Waals surface area contributed by atoms with Crippen LogP contribution in [0.2, 0.25) is 5.02 Å². The molecule has 0 aliphatic carbocycles.